The van der Waals surface area contributed by atoms with Crippen LogP contribution in [0.5, 0.6) is 0 Å². The van der Waals surface area contributed by atoms with Crippen LogP contribution in [0.15, 0.2) is 0 Å². The molecular formula is C12H20N4O. The summed E-state index contributed by atoms with van der Waals surface area (Å²) in [6.45, 7) is 2.41. The fourth-order valence-electron chi connectivity index (χ4n) is 3.13. The van der Waals surface area contributed by atoms with Gasteiger partial charge in [0.1, 0.15) is 11.6 Å². The second kappa shape index (κ2) is 4.38. The van der Waals surface area contributed by atoms with Gasteiger partial charge in [0, 0.05) is 18.9 Å². The van der Waals surface area contributed by atoms with E-state index in [0.29, 0.717) is 5.92 Å². The molecule has 17 heavy (non-hydrogen) atoms. The maximum absolute atomic E-state index is 9.49. The van der Waals surface area contributed by atoms with Crippen molar-refractivity contribution in [3.63, 3.8) is 0 Å². The molecule has 0 amide bonds. The normalized spacial score (nSPS) is 29.5. The highest BCUT2D eigenvalue weighted by atomic mass is 16.3. The van der Waals surface area contributed by atoms with Crippen LogP contribution in [0, 0.1) is 0 Å². The highest BCUT2D eigenvalue weighted by molar-refractivity contribution is 5.09. The Morgan fingerprint density at radius 1 is 1.35 bits per heavy atom. The molecule has 0 aliphatic carbocycles. The molecule has 0 saturated carbocycles. The SMILES string of the molecule is CN1CCC(c2nnc3n2C(CO)CCC3)C1. The summed E-state index contributed by atoms with van der Waals surface area (Å²) in [7, 11) is 2.15. The van der Waals surface area contributed by atoms with E-state index in [9.17, 15) is 5.11 Å². The van der Waals surface area contributed by atoms with Crippen LogP contribution in [-0.4, -0.2) is 51.5 Å². The lowest BCUT2D eigenvalue weighted by Gasteiger charge is -2.25. The molecule has 0 aromatic carbocycles. The Morgan fingerprint density at radius 3 is 2.94 bits per heavy atom. The lowest BCUT2D eigenvalue weighted by Crippen LogP contribution is -2.24. The van der Waals surface area contributed by atoms with E-state index in [1.165, 1.54) is 0 Å². The number of hydrogen-bond acceptors (Lipinski definition) is 4. The predicted molar refractivity (Wildman–Crippen MR) is 63.9 cm³/mol. The van der Waals surface area contributed by atoms with Gasteiger partial charge in [0.25, 0.3) is 0 Å². The Bertz CT molecular complexity index is 403. The van der Waals surface area contributed by atoms with Crippen LogP contribution in [0.1, 0.15) is 42.9 Å². The van der Waals surface area contributed by atoms with Gasteiger partial charge in [0.2, 0.25) is 0 Å². The third-order valence-electron chi connectivity index (χ3n) is 4.06. The zero-order valence-corrected chi connectivity index (χ0v) is 10.3. The van der Waals surface area contributed by atoms with E-state index in [1.807, 2.05) is 0 Å². The van der Waals surface area contributed by atoms with Crippen LogP contribution in [0.2, 0.25) is 0 Å². The highest BCUT2D eigenvalue weighted by Gasteiger charge is 2.31. The summed E-state index contributed by atoms with van der Waals surface area (Å²) in [6, 6.07) is 0.203. The maximum Gasteiger partial charge on any atom is 0.137 e. The van der Waals surface area contributed by atoms with Crippen molar-refractivity contribution in [2.24, 2.45) is 0 Å². The first-order valence-electron chi connectivity index (χ1n) is 6.52. The van der Waals surface area contributed by atoms with Crippen molar-refractivity contribution in [1.29, 1.82) is 0 Å². The van der Waals surface area contributed by atoms with Crippen molar-refractivity contribution in [2.75, 3.05) is 26.7 Å². The van der Waals surface area contributed by atoms with Gasteiger partial charge in [-0.3, -0.25) is 0 Å². The third kappa shape index (κ3) is 1.87. The van der Waals surface area contributed by atoms with Gasteiger partial charge in [-0.25, -0.2) is 0 Å². The summed E-state index contributed by atoms with van der Waals surface area (Å²) in [6.07, 6.45) is 4.34. The average Bonchev–Trinajstić information content (AvgIpc) is 2.94. The second-order valence-electron chi connectivity index (χ2n) is 5.32. The molecule has 3 heterocycles. The molecular weight excluding hydrogens is 216 g/mol. The van der Waals surface area contributed by atoms with Crippen molar-refractivity contribution >= 4 is 0 Å². The van der Waals surface area contributed by atoms with Crippen LogP contribution in [0.25, 0.3) is 0 Å². The number of aromatic nitrogens is 3. The van der Waals surface area contributed by atoms with E-state index in [-0.39, 0.29) is 12.6 Å². The van der Waals surface area contributed by atoms with E-state index in [2.05, 4.69) is 26.7 Å². The second-order valence-corrected chi connectivity index (χ2v) is 5.32. The topological polar surface area (TPSA) is 54.2 Å². The van der Waals surface area contributed by atoms with Gasteiger partial charge in [-0.1, -0.05) is 0 Å². The molecule has 1 fully saturated rings. The quantitative estimate of drug-likeness (QED) is 0.815. The first-order valence-corrected chi connectivity index (χ1v) is 6.52. The van der Waals surface area contributed by atoms with Crippen LogP contribution in [0.3, 0.4) is 0 Å². The van der Waals surface area contributed by atoms with Gasteiger partial charge in [0.05, 0.1) is 12.6 Å². The Hall–Kier alpha value is -0.940. The van der Waals surface area contributed by atoms with E-state index in [4.69, 9.17) is 0 Å². The van der Waals surface area contributed by atoms with E-state index in [0.717, 1.165) is 50.4 Å². The highest BCUT2D eigenvalue weighted by Crippen LogP contribution is 2.31. The molecule has 5 heteroatoms. The van der Waals surface area contributed by atoms with Gasteiger partial charge < -0.3 is 14.6 Å². The zero-order valence-electron chi connectivity index (χ0n) is 10.3. The molecule has 5 nitrogen and oxygen atoms in total. The lowest BCUT2D eigenvalue weighted by atomic mass is 10.0. The average molecular weight is 236 g/mol. The number of nitrogens with zero attached hydrogens (tertiary/aromatic N) is 4. The Kier molecular flexibility index (Phi) is 2.88. The Balaban J connectivity index is 1.93. The summed E-state index contributed by atoms with van der Waals surface area (Å²) < 4.78 is 2.22. The fourth-order valence-corrected chi connectivity index (χ4v) is 3.13. The van der Waals surface area contributed by atoms with E-state index in [1.54, 1.807) is 0 Å². The summed E-state index contributed by atoms with van der Waals surface area (Å²) in [5.74, 6) is 2.66. The molecule has 94 valence electrons. The number of hydrogen-bond donors (Lipinski definition) is 1. The molecule has 0 spiro atoms. The minimum Gasteiger partial charge on any atom is -0.394 e. The van der Waals surface area contributed by atoms with E-state index < -0.39 is 0 Å². The van der Waals surface area contributed by atoms with Crippen LogP contribution in [0.4, 0.5) is 0 Å². The van der Waals surface area contributed by atoms with Gasteiger partial charge in [-0.05, 0) is 32.9 Å². The largest absolute Gasteiger partial charge is 0.394 e. The molecule has 0 bridgehead atoms. The fraction of sp³-hybridized carbons (Fsp3) is 0.833. The summed E-state index contributed by atoms with van der Waals surface area (Å²) in [4.78, 5) is 2.34. The van der Waals surface area contributed by atoms with Crippen LogP contribution >= 0.6 is 0 Å². The standard InChI is InChI=1S/C12H20N4O/c1-15-6-5-9(7-15)12-14-13-11-4-2-3-10(8-17)16(11)12/h9-10,17H,2-8H2,1H3. The van der Waals surface area contributed by atoms with Crippen LogP contribution in [-0.2, 0) is 6.42 Å². The van der Waals surface area contributed by atoms with Crippen molar-refractivity contribution in [3.8, 4) is 0 Å². The number of aliphatic hydroxyl groups excluding tert-OH is 1. The number of likely N-dealkylation sites (N-methyl/N-ethyl adjacent to an activating group) is 1. The molecule has 1 aromatic rings. The van der Waals surface area contributed by atoms with Gasteiger partial charge >= 0.3 is 0 Å². The molecule has 0 radical (unpaired) electrons. The summed E-state index contributed by atoms with van der Waals surface area (Å²) in [5.41, 5.74) is 0. The molecule has 3 rings (SSSR count). The van der Waals surface area contributed by atoms with Crippen molar-refractivity contribution in [3.05, 3.63) is 11.6 Å². The van der Waals surface area contributed by atoms with Crippen LogP contribution < -0.4 is 0 Å². The third-order valence-corrected chi connectivity index (χ3v) is 4.06. The van der Waals surface area contributed by atoms with Crippen molar-refractivity contribution in [1.82, 2.24) is 19.7 Å². The van der Waals surface area contributed by atoms with Crippen molar-refractivity contribution in [2.45, 2.75) is 37.6 Å². The molecule has 2 unspecified atom stereocenters. The molecule has 2 aliphatic rings. The smallest absolute Gasteiger partial charge is 0.137 e. The minimum atomic E-state index is 0.203. The summed E-state index contributed by atoms with van der Waals surface area (Å²) in [5, 5.41) is 18.2. The molecule has 2 atom stereocenters. The van der Waals surface area contributed by atoms with Gasteiger partial charge in [-0.15, -0.1) is 10.2 Å². The predicted octanol–water partition coefficient (Wildman–Crippen LogP) is 0.567. The number of fused-ring (bicyclic) bond motifs is 1. The first kappa shape index (κ1) is 11.2. The zero-order chi connectivity index (χ0) is 11.8. The van der Waals surface area contributed by atoms with Crippen molar-refractivity contribution < 1.29 is 5.11 Å². The van der Waals surface area contributed by atoms with E-state index >= 15 is 0 Å². The van der Waals surface area contributed by atoms with Gasteiger partial charge in [0.15, 0.2) is 0 Å². The monoisotopic (exact) mass is 236 g/mol. The number of aliphatic hydroxyl groups is 1. The Labute approximate surface area is 101 Å². The Morgan fingerprint density at radius 2 is 2.24 bits per heavy atom. The number of rotatable bonds is 2. The molecule has 1 N–H and O–H groups in total. The van der Waals surface area contributed by atoms with Gasteiger partial charge in [-0.2, -0.15) is 0 Å². The number of likely N-dealkylation sites (tertiary alicyclic amines) is 1. The summed E-state index contributed by atoms with van der Waals surface area (Å²) >= 11 is 0. The molecule has 1 aromatic heterocycles. The first-order chi connectivity index (χ1) is 8.29. The number of aryl methyl sites for hydroxylation is 1. The maximum atomic E-state index is 9.49. The minimum absolute atomic E-state index is 0.203. The lowest BCUT2D eigenvalue weighted by molar-refractivity contribution is 0.202. The molecule has 1 saturated heterocycles. The molecule has 2 aliphatic heterocycles.